The van der Waals surface area contributed by atoms with E-state index in [0.29, 0.717) is 23.4 Å². The first-order valence-corrected chi connectivity index (χ1v) is 7.93. The molecule has 2 aromatic rings. The summed E-state index contributed by atoms with van der Waals surface area (Å²) in [6.07, 6.45) is 1.17. The largest absolute Gasteiger partial charge is 0.465 e. The Morgan fingerprint density at radius 1 is 1.00 bits per heavy atom. The number of carbonyl (C=O) groups excluding carboxylic acids is 3. The number of hydrogen-bond donors (Lipinski definition) is 2. The fourth-order valence-corrected chi connectivity index (χ4v) is 2.26. The lowest BCUT2D eigenvalue weighted by atomic mass is 10.1. The fourth-order valence-electron chi connectivity index (χ4n) is 2.26. The van der Waals surface area contributed by atoms with Crippen molar-refractivity contribution in [1.29, 1.82) is 0 Å². The van der Waals surface area contributed by atoms with Crippen molar-refractivity contribution < 1.29 is 19.1 Å². The third-order valence-corrected chi connectivity index (χ3v) is 3.47. The second-order valence-electron chi connectivity index (χ2n) is 5.37. The van der Waals surface area contributed by atoms with E-state index in [2.05, 4.69) is 10.6 Å². The van der Waals surface area contributed by atoms with Crippen LogP contribution in [0.3, 0.4) is 0 Å². The van der Waals surface area contributed by atoms with Gasteiger partial charge in [-0.2, -0.15) is 0 Å². The van der Waals surface area contributed by atoms with Gasteiger partial charge in [0.15, 0.2) is 0 Å². The van der Waals surface area contributed by atoms with Crippen LogP contribution in [0.4, 0.5) is 11.4 Å². The number of amides is 2. The molecular weight excluding hydrogens is 320 g/mol. The molecule has 6 nitrogen and oxygen atoms in total. The summed E-state index contributed by atoms with van der Waals surface area (Å²) >= 11 is 0. The first-order chi connectivity index (χ1) is 12.0. The van der Waals surface area contributed by atoms with E-state index in [1.165, 1.54) is 7.11 Å². The molecule has 0 aromatic heterocycles. The van der Waals surface area contributed by atoms with Crippen LogP contribution in [0, 0.1) is 0 Å². The van der Waals surface area contributed by atoms with Gasteiger partial charge in [0, 0.05) is 17.7 Å². The van der Waals surface area contributed by atoms with E-state index < -0.39 is 5.97 Å². The Morgan fingerprint density at radius 2 is 1.76 bits per heavy atom. The normalized spacial score (nSPS) is 10.0. The van der Waals surface area contributed by atoms with Gasteiger partial charge in [-0.3, -0.25) is 9.59 Å². The Hall–Kier alpha value is -3.15. The van der Waals surface area contributed by atoms with Gasteiger partial charge in [-0.1, -0.05) is 25.1 Å². The second kappa shape index (κ2) is 8.63. The van der Waals surface area contributed by atoms with Crippen LogP contribution in [-0.4, -0.2) is 24.9 Å². The van der Waals surface area contributed by atoms with Crippen molar-refractivity contribution in [3.63, 3.8) is 0 Å². The lowest BCUT2D eigenvalue weighted by Gasteiger charge is -2.11. The number of anilines is 2. The number of esters is 1. The van der Waals surface area contributed by atoms with Crippen LogP contribution in [0.2, 0.25) is 0 Å². The average molecular weight is 340 g/mol. The Kier molecular flexibility index (Phi) is 6.28. The van der Waals surface area contributed by atoms with Crippen molar-refractivity contribution in [3.05, 3.63) is 59.7 Å². The number of ether oxygens (including phenoxy) is 1. The Bertz CT molecular complexity index is 786. The predicted molar refractivity (Wildman–Crippen MR) is 95.7 cm³/mol. The zero-order valence-corrected chi connectivity index (χ0v) is 14.2. The first kappa shape index (κ1) is 18.2. The number of benzene rings is 2. The molecule has 0 atom stereocenters. The van der Waals surface area contributed by atoms with E-state index in [4.69, 9.17) is 4.74 Å². The van der Waals surface area contributed by atoms with Crippen molar-refractivity contribution in [3.8, 4) is 0 Å². The maximum absolute atomic E-state index is 12.5. The molecule has 0 aliphatic rings. The van der Waals surface area contributed by atoms with Crippen molar-refractivity contribution in [2.24, 2.45) is 0 Å². The van der Waals surface area contributed by atoms with Gasteiger partial charge in [0.05, 0.1) is 18.4 Å². The molecule has 0 bridgehead atoms. The van der Waals surface area contributed by atoms with E-state index >= 15 is 0 Å². The minimum atomic E-state index is -0.531. The maximum Gasteiger partial charge on any atom is 0.339 e. The minimum Gasteiger partial charge on any atom is -0.465 e. The van der Waals surface area contributed by atoms with Crippen LogP contribution in [0.5, 0.6) is 0 Å². The monoisotopic (exact) mass is 340 g/mol. The number of methoxy groups -OCH3 is 1. The highest BCUT2D eigenvalue weighted by molar-refractivity contribution is 6.08. The minimum absolute atomic E-state index is 0.101. The highest BCUT2D eigenvalue weighted by Crippen LogP contribution is 2.18. The lowest BCUT2D eigenvalue weighted by Crippen LogP contribution is -2.16. The Balaban J connectivity index is 2.17. The summed E-state index contributed by atoms with van der Waals surface area (Å²) in [5.41, 5.74) is 1.55. The molecule has 0 heterocycles. The van der Waals surface area contributed by atoms with Crippen LogP contribution in [0.1, 0.15) is 40.5 Å². The van der Waals surface area contributed by atoms with Gasteiger partial charge in [-0.05, 0) is 36.8 Å². The summed E-state index contributed by atoms with van der Waals surface area (Å²) < 4.78 is 4.71. The van der Waals surface area contributed by atoms with E-state index in [1.807, 2.05) is 6.92 Å². The molecule has 25 heavy (non-hydrogen) atoms. The highest BCUT2D eigenvalue weighted by Gasteiger charge is 2.14. The number of para-hydroxylation sites is 1. The molecule has 0 saturated heterocycles. The van der Waals surface area contributed by atoms with E-state index in [-0.39, 0.29) is 17.4 Å². The zero-order chi connectivity index (χ0) is 18.2. The summed E-state index contributed by atoms with van der Waals surface area (Å²) in [7, 11) is 1.28. The number of hydrogen-bond acceptors (Lipinski definition) is 4. The van der Waals surface area contributed by atoms with E-state index in [9.17, 15) is 14.4 Å². The van der Waals surface area contributed by atoms with Gasteiger partial charge in [0.2, 0.25) is 5.91 Å². The van der Waals surface area contributed by atoms with Gasteiger partial charge in [-0.15, -0.1) is 0 Å². The predicted octanol–water partition coefficient (Wildman–Crippen LogP) is 3.46. The zero-order valence-electron chi connectivity index (χ0n) is 14.2. The molecule has 2 aromatic carbocycles. The average Bonchev–Trinajstić information content (AvgIpc) is 2.62. The molecule has 2 rings (SSSR count). The lowest BCUT2D eigenvalue weighted by molar-refractivity contribution is -0.116. The van der Waals surface area contributed by atoms with E-state index in [0.717, 1.165) is 6.42 Å². The molecule has 0 unspecified atom stereocenters. The molecule has 2 amide bonds. The third-order valence-electron chi connectivity index (χ3n) is 3.47. The molecule has 0 saturated carbocycles. The van der Waals surface area contributed by atoms with Crippen molar-refractivity contribution in [2.75, 3.05) is 17.7 Å². The van der Waals surface area contributed by atoms with Crippen molar-refractivity contribution in [2.45, 2.75) is 19.8 Å². The van der Waals surface area contributed by atoms with Crippen LogP contribution >= 0.6 is 0 Å². The molecule has 0 spiro atoms. The number of carbonyl (C=O) groups is 3. The van der Waals surface area contributed by atoms with Crippen molar-refractivity contribution in [1.82, 2.24) is 0 Å². The Morgan fingerprint density at radius 3 is 2.48 bits per heavy atom. The van der Waals surface area contributed by atoms with Gasteiger partial charge in [0.25, 0.3) is 5.91 Å². The summed E-state index contributed by atoms with van der Waals surface area (Å²) in [5.74, 6) is -1.02. The number of rotatable bonds is 6. The molecule has 0 aliphatic heterocycles. The molecule has 0 fully saturated rings. The van der Waals surface area contributed by atoms with Gasteiger partial charge in [0.1, 0.15) is 0 Å². The van der Waals surface area contributed by atoms with Crippen LogP contribution in [0.15, 0.2) is 48.5 Å². The second-order valence-corrected chi connectivity index (χ2v) is 5.37. The summed E-state index contributed by atoms with van der Waals surface area (Å²) in [6, 6.07) is 13.2. The fraction of sp³-hybridized carbons (Fsp3) is 0.211. The molecule has 0 aliphatic carbocycles. The van der Waals surface area contributed by atoms with Gasteiger partial charge in [-0.25, -0.2) is 4.79 Å². The smallest absolute Gasteiger partial charge is 0.339 e. The SMILES string of the molecule is CCCC(=O)Nc1cccc(C(=O)Nc2ccccc2C(=O)OC)c1. The maximum atomic E-state index is 12.5. The first-order valence-electron chi connectivity index (χ1n) is 7.93. The van der Waals surface area contributed by atoms with Crippen LogP contribution in [-0.2, 0) is 9.53 Å². The van der Waals surface area contributed by atoms with Gasteiger partial charge >= 0.3 is 5.97 Å². The summed E-state index contributed by atoms with van der Waals surface area (Å²) in [4.78, 5) is 35.9. The van der Waals surface area contributed by atoms with Crippen molar-refractivity contribution >= 4 is 29.2 Å². The van der Waals surface area contributed by atoms with Crippen LogP contribution in [0.25, 0.3) is 0 Å². The molecule has 130 valence electrons. The molecule has 6 heteroatoms. The highest BCUT2D eigenvalue weighted by atomic mass is 16.5. The summed E-state index contributed by atoms with van der Waals surface area (Å²) in [6.45, 7) is 1.92. The summed E-state index contributed by atoms with van der Waals surface area (Å²) in [5, 5.41) is 5.44. The third kappa shape index (κ3) is 4.91. The van der Waals surface area contributed by atoms with Crippen LogP contribution < -0.4 is 10.6 Å². The molecule has 2 N–H and O–H groups in total. The van der Waals surface area contributed by atoms with Gasteiger partial charge < -0.3 is 15.4 Å². The Labute approximate surface area is 146 Å². The quantitative estimate of drug-likeness (QED) is 0.789. The molecule has 0 radical (unpaired) electrons. The van der Waals surface area contributed by atoms with E-state index in [1.54, 1.807) is 48.5 Å². The number of nitrogens with one attached hydrogen (secondary N) is 2. The standard InChI is InChI=1S/C19H20N2O4/c1-3-7-17(22)20-14-9-6-8-13(12-14)18(23)21-16-11-5-4-10-15(16)19(24)25-2/h4-6,8-12H,3,7H2,1-2H3,(H,20,22)(H,21,23). The topological polar surface area (TPSA) is 84.5 Å². The molecular formula is C19H20N2O4.